The molecule has 1 heterocycles. The molecule has 0 aliphatic heterocycles. The zero-order valence-corrected chi connectivity index (χ0v) is 8.67. The first-order valence-electron chi connectivity index (χ1n) is 4.89. The van der Waals surface area contributed by atoms with E-state index < -0.39 is 0 Å². The molecule has 0 saturated carbocycles. The Kier molecular flexibility index (Phi) is 2.08. The topological polar surface area (TPSA) is 41.8 Å². The SMILES string of the molecule is CC(C)(N)Cc1ccc2cc[nH]c2c1. The minimum Gasteiger partial charge on any atom is -0.361 e. The molecule has 14 heavy (non-hydrogen) atoms. The molecule has 0 radical (unpaired) electrons. The standard InChI is InChI=1S/C12H16N2/c1-12(2,13)8-9-3-4-10-5-6-14-11(10)7-9/h3-7,14H,8,13H2,1-2H3. The molecule has 0 amide bonds. The van der Waals surface area contributed by atoms with Crippen molar-refractivity contribution in [3.63, 3.8) is 0 Å². The molecule has 0 atom stereocenters. The van der Waals surface area contributed by atoms with Crippen molar-refractivity contribution in [2.24, 2.45) is 5.73 Å². The summed E-state index contributed by atoms with van der Waals surface area (Å²) in [5.74, 6) is 0. The van der Waals surface area contributed by atoms with E-state index in [1.165, 1.54) is 16.5 Å². The lowest BCUT2D eigenvalue weighted by Crippen LogP contribution is -2.34. The van der Waals surface area contributed by atoms with Crippen molar-refractivity contribution >= 4 is 10.9 Å². The molecule has 2 heteroatoms. The summed E-state index contributed by atoms with van der Waals surface area (Å²) in [6.45, 7) is 4.10. The van der Waals surface area contributed by atoms with Crippen molar-refractivity contribution in [3.8, 4) is 0 Å². The Labute approximate surface area is 84.1 Å². The van der Waals surface area contributed by atoms with Crippen LogP contribution < -0.4 is 5.73 Å². The second-order valence-electron chi connectivity index (χ2n) is 4.56. The fraction of sp³-hybridized carbons (Fsp3) is 0.333. The Morgan fingerprint density at radius 1 is 1.29 bits per heavy atom. The minimum absolute atomic E-state index is 0.139. The number of nitrogens with two attached hydrogens (primary N) is 1. The molecule has 0 unspecified atom stereocenters. The third-order valence-electron chi connectivity index (χ3n) is 2.28. The van der Waals surface area contributed by atoms with Gasteiger partial charge in [0, 0.05) is 17.3 Å². The van der Waals surface area contributed by atoms with Crippen LogP contribution in [-0.2, 0) is 6.42 Å². The minimum atomic E-state index is -0.139. The van der Waals surface area contributed by atoms with Crippen LogP contribution >= 0.6 is 0 Å². The summed E-state index contributed by atoms with van der Waals surface area (Å²) in [6.07, 6.45) is 2.87. The van der Waals surface area contributed by atoms with Crippen LogP contribution in [0.1, 0.15) is 19.4 Å². The normalized spacial score (nSPS) is 12.2. The van der Waals surface area contributed by atoms with Gasteiger partial charge in [-0.25, -0.2) is 0 Å². The van der Waals surface area contributed by atoms with Crippen molar-refractivity contribution in [2.75, 3.05) is 0 Å². The second kappa shape index (κ2) is 3.14. The van der Waals surface area contributed by atoms with Crippen molar-refractivity contribution in [2.45, 2.75) is 25.8 Å². The van der Waals surface area contributed by atoms with Crippen LogP contribution in [0.25, 0.3) is 10.9 Å². The average Bonchev–Trinajstić information content (AvgIpc) is 2.47. The molecular formula is C12H16N2. The van der Waals surface area contributed by atoms with Gasteiger partial charge >= 0.3 is 0 Å². The van der Waals surface area contributed by atoms with Crippen LogP contribution in [0.4, 0.5) is 0 Å². The Morgan fingerprint density at radius 2 is 2.07 bits per heavy atom. The number of aromatic nitrogens is 1. The van der Waals surface area contributed by atoms with Crippen LogP contribution in [0.5, 0.6) is 0 Å². The summed E-state index contributed by atoms with van der Waals surface area (Å²) in [5.41, 5.74) is 8.31. The van der Waals surface area contributed by atoms with Gasteiger partial charge in [-0.15, -0.1) is 0 Å². The number of nitrogens with one attached hydrogen (secondary N) is 1. The molecule has 74 valence electrons. The average molecular weight is 188 g/mol. The molecule has 0 spiro atoms. The molecule has 0 saturated heterocycles. The van der Waals surface area contributed by atoms with E-state index in [4.69, 9.17) is 5.73 Å². The maximum absolute atomic E-state index is 5.98. The van der Waals surface area contributed by atoms with E-state index in [0.29, 0.717) is 0 Å². The predicted molar refractivity (Wildman–Crippen MR) is 60.3 cm³/mol. The molecular weight excluding hydrogens is 172 g/mol. The van der Waals surface area contributed by atoms with E-state index >= 15 is 0 Å². The number of H-pyrrole nitrogens is 1. The quantitative estimate of drug-likeness (QED) is 0.746. The van der Waals surface area contributed by atoms with Crippen LogP contribution in [0.3, 0.4) is 0 Å². The van der Waals surface area contributed by atoms with Gasteiger partial charge in [-0.2, -0.15) is 0 Å². The summed E-state index contributed by atoms with van der Waals surface area (Å²) in [4.78, 5) is 3.20. The highest BCUT2D eigenvalue weighted by Crippen LogP contribution is 2.17. The lowest BCUT2D eigenvalue weighted by Gasteiger charge is -2.18. The fourth-order valence-corrected chi connectivity index (χ4v) is 1.73. The Hall–Kier alpha value is -1.28. The van der Waals surface area contributed by atoms with E-state index in [1.54, 1.807) is 0 Å². The summed E-state index contributed by atoms with van der Waals surface area (Å²) >= 11 is 0. The van der Waals surface area contributed by atoms with Crippen molar-refractivity contribution in [1.82, 2.24) is 4.98 Å². The lowest BCUT2D eigenvalue weighted by molar-refractivity contribution is 0.517. The summed E-state index contributed by atoms with van der Waals surface area (Å²) in [7, 11) is 0. The van der Waals surface area contributed by atoms with Gasteiger partial charge in [0.05, 0.1) is 0 Å². The van der Waals surface area contributed by atoms with Gasteiger partial charge in [-0.3, -0.25) is 0 Å². The van der Waals surface area contributed by atoms with Gasteiger partial charge in [-0.05, 0) is 43.4 Å². The number of hydrogen-bond donors (Lipinski definition) is 2. The van der Waals surface area contributed by atoms with Crippen LogP contribution in [0.2, 0.25) is 0 Å². The third-order valence-corrected chi connectivity index (χ3v) is 2.28. The molecule has 0 aliphatic rings. The van der Waals surface area contributed by atoms with E-state index in [1.807, 2.05) is 20.0 Å². The zero-order valence-electron chi connectivity index (χ0n) is 8.67. The number of rotatable bonds is 2. The number of hydrogen-bond acceptors (Lipinski definition) is 1. The molecule has 1 aromatic heterocycles. The molecule has 3 N–H and O–H groups in total. The first kappa shape index (κ1) is 9.28. The first-order chi connectivity index (χ1) is 6.54. The second-order valence-corrected chi connectivity index (χ2v) is 4.56. The van der Waals surface area contributed by atoms with Crippen LogP contribution in [0, 0.1) is 0 Å². The molecule has 2 rings (SSSR count). The van der Waals surface area contributed by atoms with E-state index in [2.05, 4.69) is 29.2 Å². The van der Waals surface area contributed by atoms with Crippen LogP contribution in [-0.4, -0.2) is 10.5 Å². The van der Waals surface area contributed by atoms with Gasteiger partial charge in [0.1, 0.15) is 0 Å². The van der Waals surface area contributed by atoms with Gasteiger partial charge in [-0.1, -0.05) is 12.1 Å². The molecule has 2 nitrogen and oxygen atoms in total. The number of fused-ring (bicyclic) bond motifs is 1. The predicted octanol–water partition coefficient (Wildman–Crippen LogP) is 2.45. The van der Waals surface area contributed by atoms with Gasteiger partial charge < -0.3 is 10.7 Å². The highest BCUT2D eigenvalue weighted by molar-refractivity contribution is 5.79. The maximum Gasteiger partial charge on any atom is 0.0456 e. The lowest BCUT2D eigenvalue weighted by atomic mass is 9.96. The Morgan fingerprint density at radius 3 is 2.79 bits per heavy atom. The van der Waals surface area contributed by atoms with Gasteiger partial charge in [0.15, 0.2) is 0 Å². The van der Waals surface area contributed by atoms with E-state index in [9.17, 15) is 0 Å². The van der Waals surface area contributed by atoms with Crippen molar-refractivity contribution < 1.29 is 0 Å². The van der Waals surface area contributed by atoms with E-state index in [0.717, 1.165) is 6.42 Å². The smallest absolute Gasteiger partial charge is 0.0456 e. The number of aromatic amines is 1. The first-order valence-corrected chi connectivity index (χ1v) is 4.89. The molecule has 0 bridgehead atoms. The molecule has 0 aliphatic carbocycles. The molecule has 2 aromatic rings. The highest BCUT2D eigenvalue weighted by Gasteiger charge is 2.11. The van der Waals surface area contributed by atoms with E-state index in [-0.39, 0.29) is 5.54 Å². The van der Waals surface area contributed by atoms with Gasteiger partial charge in [0.2, 0.25) is 0 Å². The molecule has 0 fully saturated rings. The third kappa shape index (κ3) is 1.96. The van der Waals surface area contributed by atoms with Crippen molar-refractivity contribution in [3.05, 3.63) is 36.0 Å². The fourth-order valence-electron chi connectivity index (χ4n) is 1.73. The zero-order chi connectivity index (χ0) is 10.2. The summed E-state index contributed by atoms with van der Waals surface area (Å²) in [5, 5.41) is 1.25. The largest absolute Gasteiger partial charge is 0.361 e. The van der Waals surface area contributed by atoms with Gasteiger partial charge in [0.25, 0.3) is 0 Å². The maximum atomic E-state index is 5.98. The monoisotopic (exact) mass is 188 g/mol. The molecule has 1 aromatic carbocycles. The van der Waals surface area contributed by atoms with Crippen LogP contribution in [0.15, 0.2) is 30.5 Å². The van der Waals surface area contributed by atoms with Crippen molar-refractivity contribution in [1.29, 1.82) is 0 Å². The Bertz CT molecular complexity index is 435. The number of benzene rings is 1. The Balaban J connectivity index is 2.35. The highest BCUT2D eigenvalue weighted by atomic mass is 14.7. The summed E-state index contributed by atoms with van der Waals surface area (Å²) < 4.78 is 0. The summed E-state index contributed by atoms with van der Waals surface area (Å²) in [6, 6.07) is 8.52.